The van der Waals surface area contributed by atoms with E-state index in [1.165, 1.54) is 19.4 Å². The van der Waals surface area contributed by atoms with E-state index in [0.717, 1.165) is 12.8 Å². The largest absolute Gasteiger partial charge is 0.393 e. The maximum Gasteiger partial charge on any atom is 0.0512 e. The third kappa shape index (κ3) is 2.67. The molecule has 2 atom stereocenters. The molecule has 0 aromatic rings. The van der Waals surface area contributed by atoms with Crippen LogP contribution in [0.15, 0.2) is 0 Å². The Kier molecular flexibility index (Phi) is 3.16. The molecule has 0 amide bonds. The van der Waals surface area contributed by atoms with Crippen LogP contribution in [0.4, 0.5) is 0 Å². The minimum Gasteiger partial charge on any atom is -0.393 e. The molecule has 10 heavy (non-hydrogen) atoms. The second-order valence-electron chi connectivity index (χ2n) is 3.22. The van der Waals surface area contributed by atoms with Crippen LogP contribution in [0.1, 0.15) is 32.6 Å². The molecule has 0 spiro atoms. The summed E-state index contributed by atoms with van der Waals surface area (Å²) in [4.78, 5) is 0. The van der Waals surface area contributed by atoms with Gasteiger partial charge in [-0.15, -0.1) is 0 Å². The third-order valence-electron chi connectivity index (χ3n) is 2.10. The fourth-order valence-corrected chi connectivity index (χ4v) is 1.45. The van der Waals surface area contributed by atoms with E-state index in [4.69, 9.17) is 5.11 Å². The normalized spacial score (nSPS) is 28.8. The van der Waals surface area contributed by atoms with Crippen molar-refractivity contribution in [3.05, 3.63) is 0 Å². The number of hydrogen-bond donors (Lipinski definition) is 2. The summed E-state index contributed by atoms with van der Waals surface area (Å²) in [7, 11) is 0. The lowest BCUT2D eigenvalue weighted by Gasteiger charge is -2.10. The highest BCUT2D eigenvalue weighted by molar-refractivity contribution is 4.74. The molecule has 1 fully saturated rings. The number of aliphatic hydroxyl groups is 1. The molecule has 1 aliphatic heterocycles. The highest BCUT2D eigenvalue weighted by atomic mass is 16.3. The maximum atomic E-state index is 8.98. The van der Waals surface area contributed by atoms with E-state index in [0.29, 0.717) is 6.04 Å². The van der Waals surface area contributed by atoms with Gasteiger partial charge in [0.25, 0.3) is 0 Å². The molecule has 2 N–H and O–H groups in total. The van der Waals surface area contributed by atoms with Crippen molar-refractivity contribution >= 4 is 0 Å². The van der Waals surface area contributed by atoms with Crippen LogP contribution in [0.25, 0.3) is 0 Å². The summed E-state index contributed by atoms with van der Waals surface area (Å²) in [5, 5.41) is 12.4. The first-order chi connectivity index (χ1) is 4.79. The summed E-state index contributed by atoms with van der Waals surface area (Å²) >= 11 is 0. The molecule has 0 aliphatic carbocycles. The molecule has 1 heterocycles. The van der Waals surface area contributed by atoms with Gasteiger partial charge >= 0.3 is 0 Å². The zero-order valence-electron chi connectivity index (χ0n) is 6.64. The second-order valence-corrected chi connectivity index (χ2v) is 3.22. The molecule has 2 heteroatoms. The third-order valence-corrected chi connectivity index (χ3v) is 2.10. The monoisotopic (exact) mass is 143 g/mol. The van der Waals surface area contributed by atoms with Crippen molar-refractivity contribution in [2.24, 2.45) is 0 Å². The Hall–Kier alpha value is -0.0800. The molecule has 0 saturated carbocycles. The summed E-state index contributed by atoms with van der Waals surface area (Å²) in [6.45, 7) is 3.03. The molecule has 1 rings (SSSR count). The van der Waals surface area contributed by atoms with Crippen molar-refractivity contribution < 1.29 is 5.11 Å². The van der Waals surface area contributed by atoms with Crippen molar-refractivity contribution in [3.8, 4) is 0 Å². The summed E-state index contributed by atoms with van der Waals surface area (Å²) in [5.74, 6) is 0. The van der Waals surface area contributed by atoms with Gasteiger partial charge < -0.3 is 10.4 Å². The van der Waals surface area contributed by atoms with Crippen LogP contribution in [-0.2, 0) is 0 Å². The van der Waals surface area contributed by atoms with Crippen molar-refractivity contribution in [1.29, 1.82) is 0 Å². The molecular formula is C8H17NO. The smallest absolute Gasteiger partial charge is 0.0512 e. The van der Waals surface area contributed by atoms with Gasteiger partial charge in [0, 0.05) is 6.04 Å². The first-order valence-corrected chi connectivity index (χ1v) is 4.20. The molecule has 2 nitrogen and oxygen atoms in total. The first kappa shape index (κ1) is 8.02. The predicted molar refractivity (Wildman–Crippen MR) is 41.9 cm³/mol. The first-order valence-electron chi connectivity index (χ1n) is 4.20. The Morgan fingerprint density at radius 3 is 3.00 bits per heavy atom. The lowest BCUT2D eigenvalue weighted by atomic mass is 10.1. The molecular weight excluding hydrogens is 126 g/mol. The number of rotatable bonds is 3. The van der Waals surface area contributed by atoms with Crippen molar-refractivity contribution in [2.45, 2.75) is 44.8 Å². The standard InChI is InChI=1S/C8H17NO/c1-7(10)4-5-8-3-2-6-9-8/h7-10H,2-6H2,1H3/t7?,8-/m0/s1. The van der Waals surface area contributed by atoms with E-state index < -0.39 is 0 Å². The highest BCUT2D eigenvalue weighted by Gasteiger charge is 2.13. The van der Waals surface area contributed by atoms with E-state index in [1.54, 1.807) is 0 Å². The van der Waals surface area contributed by atoms with Crippen molar-refractivity contribution in [3.63, 3.8) is 0 Å². The van der Waals surface area contributed by atoms with Crippen molar-refractivity contribution in [1.82, 2.24) is 5.32 Å². The van der Waals surface area contributed by atoms with Crippen LogP contribution in [0.5, 0.6) is 0 Å². The Morgan fingerprint density at radius 2 is 2.50 bits per heavy atom. The average Bonchev–Trinajstić information content (AvgIpc) is 2.34. The topological polar surface area (TPSA) is 32.3 Å². The van der Waals surface area contributed by atoms with E-state index in [2.05, 4.69) is 5.32 Å². The van der Waals surface area contributed by atoms with Crippen LogP contribution in [0, 0.1) is 0 Å². The van der Waals surface area contributed by atoms with Gasteiger partial charge in [0.2, 0.25) is 0 Å². The lowest BCUT2D eigenvalue weighted by molar-refractivity contribution is 0.177. The van der Waals surface area contributed by atoms with Gasteiger partial charge in [0.1, 0.15) is 0 Å². The fourth-order valence-electron chi connectivity index (χ4n) is 1.45. The Balaban J connectivity index is 2.01. The van der Waals surface area contributed by atoms with Crippen LogP contribution in [0.2, 0.25) is 0 Å². The fraction of sp³-hybridized carbons (Fsp3) is 1.00. The van der Waals surface area contributed by atoms with E-state index >= 15 is 0 Å². The summed E-state index contributed by atoms with van der Waals surface area (Å²) < 4.78 is 0. The van der Waals surface area contributed by atoms with Gasteiger partial charge in [-0.1, -0.05) is 0 Å². The van der Waals surface area contributed by atoms with E-state index in [9.17, 15) is 0 Å². The van der Waals surface area contributed by atoms with Crippen LogP contribution >= 0.6 is 0 Å². The zero-order valence-corrected chi connectivity index (χ0v) is 6.64. The molecule has 0 bridgehead atoms. The second kappa shape index (κ2) is 3.94. The maximum absolute atomic E-state index is 8.98. The molecule has 0 radical (unpaired) electrons. The van der Waals surface area contributed by atoms with Gasteiger partial charge in [-0.25, -0.2) is 0 Å². The van der Waals surface area contributed by atoms with Gasteiger partial charge in [0.05, 0.1) is 6.10 Å². The zero-order chi connectivity index (χ0) is 7.40. The quantitative estimate of drug-likeness (QED) is 0.615. The van der Waals surface area contributed by atoms with Gasteiger partial charge in [-0.3, -0.25) is 0 Å². The summed E-state index contributed by atoms with van der Waals surface area (Å²) in [6, 6.07) is 0.689. The molecule has 1 unspecified atom stereocenters. The highest BCUT2D eigenvalue weighted by Crippen LogP contribution is 2.11. The number of aliphatic hydroxyl groups excluding tert-OH is 1. The Bertz CT molecular complexity index is 87.3. The SMILES string of the molecule is CC(O)CC[C@@H]1CCCN1. The van der Waals surface area contributed by atoms with Crippen LogP contribution in [0.3, 0.4) is 0 Å². The molecule has 1 saturated heterocycles. The van der Waals surface area contributed by atoms with Gasteiger partial charge in [-0.2, -0.15) is 0 Å². The van der Waals surface area contributed by atoms with Gasteiger partial charge in [-0.05, 0) is 39.2 Å². The molecule has 60 valence electrons. The summed E-state index contributed by atoms with van der Waals surface area (Å²) in [6.07, 6.45) is 4.56. The molecule has 0 aromatic carbocycles. The minimum atomic E-state index is -0.123. The summed E-state index contributed by atoms with van der Waals surface area (Å²) in [5.41, 5.74) is 0. The number of hydrogen-bond acceptors (Lipinski definition) is 2. The number of nitrogens with one attached hydrogen (secondary N) is 1. The lowest BCUT2D eigenvalue weighted by Crippen LogP contribution is -2.22. The van der Waals surface area contributed by atoms with Crippen LogP contribution in [-0.4, -0.2) is 23.8 Å². The Labute approximate surface area is 62.6 Å². The predicted octanol–water partition coefficient (Wildman–Crippen LogP) is 0.899. The van der Waals surface area contributed by atoms with Crippen molar-refractivity contribution in [2.75, 3.05) is 6.54 Å². The van der Waals surface area contributed by atoms with Gasteiger partial charge in [0.15, 0.2) is 0 Å². The molecule has 0 aromatic heterocycles. The van der Waals surface area contributed by atoms with E-state index in [1.807, 2.05) is 6.92 Å². The van der Waals surface area contributed by atoms with E-state index in [-0.39, 0.29) is 6.10 Å². The van der Waals surface area contributed by atoms with Crippen LogP contribution < -0.4 is 5.32 Å². The minimum absolute atomic E-state index is 0.123. The Morgan fingerprint density at radius 1 is 1.70 bits per heavy atom. The average molecular weight is 143 g/mol. The molecule has 1 aliphatic rings.